The van der Waals surface area contributed by atoms with E-state index in [9.17, 15) is 0 Å². The molecule has 2 aromatic carbocycles. The maximum atomic E-state index is 8.59. The minimum Gasteiger partial charge on any atom is -0.395 e. The molecule has 102 valence electrons. The highest BCUT2D eigenvalue weighted by molar-refractivity contribution is 5.69. The number of rotatable bonds is 3. The van der Waals surface area contributed by atoms with Crippen molar-refractivity contribution in [1.29, 1.82) is 0 Å². The molecule has 2 aromatic rings. The van der Waals surface area contributed by atoms with Crippen LogP contribution in [0.15, 0.2) is 54.6 Å². The Bertz CT molecular complexity index is 702. The van der Waals surface area contributed by atoms with Crippen molar-refractivity contribution in [1.82, 2.24) is 0 Å². The van der Waals surface area contributed by atoms with Gasteiger partial charge in [0.15, 0.2) is 0 Å². The van der Waals surface area contributed by atoms with Gasteiger partial charge < -0.3 is 5.11 Å². The number of hydrogen-bond acceptors (Lipinski definition) is 1. The molecule has 0 aliphatic rings. The molecule has 21 heavy (non-hydrogen) atoms. The first-order valence-electron chi connectivity index (χ1n) is 6.81. The molecule has 2 rings (SSSR count). The van der Waals surface area contributed by atoms with Gasteiger partial charge in [-0.25, -0.2) is 0 Å². The molecule has 0 saturated carbocycles. The van der Waals surface area contributed by atoms with Crippen molar-refractivity contribution < 1.29 is 5.11 Å². The Balaban J connectivity index is 2.00. The molecule has 1 heteroatoms. The first-order chi connectivity index (χ1) is 10.4. The summed E-state index contributed by atoms with van der Waals surface area (Å²) in [7, 11) is 0. The maximum Gasteiger partial charge on any atom is 0.0540 e. The average molecular weight is 272 g/mol. The molecule has 0 atom stereocenters. The fourth-order valence-corrected chi connectivity index (χ4v) is 1.70. The summed E-state index contributed by atoms with van der Waals surface area (Å²) in [5.41, 5.74) is 3.25. The smallest absolute Gasteiger partial charge is 0.0540 e. The summed E-state index contributed by atoms with van der Waals surface area (Å²) in [4.78, 5) is 0. The molecule has 0 unspecified atom stereocenters. The van der Waals surface area contributed by atoms with Crippen LogP contribution in [0.3, 0.4) is 0 Å². The molecule has 0 radical (unpaired) electrons. The summed E-state index contributed by atoms with van der Waals surface area (Å²) in [6.45, 7) is 0.0805. The fourth-order valence-electron chi connectivity index (χ4n) is 1.70. The first kappa shape index (κ1) is 14.7. The third-order valence-electron chi connectivity index (χ3n) is 2.77. The Morgan fingerprint density at radius 3 is 2.14 bits per heavy atom. The van der Waals surface area contributed by atoms with Gasteiger partial charge in [0.05, 0.1) is 6.61 Å². The minimum atomic E-state index is 0.0805. The Labute approximate surface area is 126 Å². The van der Waals surface area contributed by atoms with Crippen LogP contribution < -0.4 is 0 Å². The van der Waals surface area contributed by atoms with Gasteiger partial charge in [-0.2, -0.15) is 0 Å². The van der Waals surface area contributed by atoms with Crippen LogP contribution in [0.4, 0.5) is 0 Å². The van der Waals surface area contributed by atoms with Crippen molar-refractivity contribution in [3.63, 3.8) is 0 Å². The molecule has 1 N–H and O–H groups in total. The average Bonchev–Trinajstić information content (AvgIpc) is 2.55. The second-order valence-corrected chi connectivity index (χ2v) is 4.39. The zero-order valence-corrected chi connectivity index (χ0v) is 11.7. The summed E-state index contributed by atoms with van der Waals surface area (Å²) in [6.07, 6.45) is 4.63. The molecule has 0 aliphatic carbocycles. The molecule has 0 heterocycles. The summed E-state index contributed by atoms with van der Waals surface area (Å²) >= 11 is 0. The van der Waals surface area contributed by atoms with Gasteiger partial charge in [-0.3, -0.25) is 0 Å². The summed E-state index contributed by atoms with van der Waals surface area (Å²) in [6, 6.07) is 18.2. The van der Waals surface area contributed by atoms with Gasteiger partial charge in [-0.1, -0.05) is 66.5 Å². The Hall–Kier alpha value is -2.74. The first-order valence-corrected chi connectivity index (χ1v) is 6.81. The van der Waals surface area contributed by atoms with Crippen LogP contribution in [0.25, 0.3) is 12.2 Å². The minimum absolute atomic E-state index is 0.0805. The van der Waals surface area contributed by atoms with Crippen LogP contribution in [-0.4, -0.2) is 11.7 Å². The molecule has 0 spiro atoms. The largest absolute Gasteiger partial charge is 0.395 e. The number of aliphatic hydroxyl groups excluding tert-OH is 1. The lowest BCUT2D eigenvalue weighted by Crippen LogP contribution is -1.76. The molecular formula is C20H16O. The maximum absolute atomic E-state index is 8.59. The number of benzene rings is 2. The zero-order valence-electron chi connectivity index (χ0n) is 11.7. The topological polar surface area (TPSA) is 20.2 Å². The van der Waals surface area contributed by atoms with Crippen molar-refractivity contribution in [2.24, 2.45) is 0 Å². The van der Waals surface area contributed by atoms with Crippen molar-refractivity contribution in [3.05, 3.63) is 71.3 Å². The number of aliphatic hydroxyl groups is 1. The SMILES string of the molecule is OCCC#CC#Cc1ccc(/C=C/c2ccccc2)cc1. The van der Waals surface area contributed by atoms with E-state index in [2.05, 4.69) is 48.0 Å². The van der Waals surface area contributed by atoms with Gasteiger partial charge in [0.1, 0.15) is 0 Å². The van der Waals surface area contributed by atoms with E-state index in [1.165, 1.54) is 5.56 Å². The summed E-state index contributed by atoms with van der Waals surface area (Å²) < 4.78 is 0. The molecule has 0 bridgehead atoms. The van der Waals surface area contributed by atoms with E-state index in [0.717, 1.165) is 11.1 Å². The normalized spacial score (nSPS) is 9.57. The van der Waals surface area contributed by atoms with Gasteiger partial charge in [-0.15, -0.1) is 0 Å². The predicted molar refractivity (Wildman–Crippen MR) is 88.2 cm³/mol. The second-order valence-electron chi connectivity index (χ2n) is 4.39. The van der Waals surface area contributed by atoms with Gasteiger partial charge in [-0.05, 0) is 35.1 Å². The van der Waals surface area contributed by atoms with Crippen LogP contribution in [-0.2, 0) is 0 Å². The van der Waals surface area contributed by atoms with Crippen LogP contribution >= 0.6 is 0 Å². The molecule has 1 nitrogen and oxygen atoms in total. The van der Waals surface area contributed by atoms with E-state index in [-0.39, 0.29) is 6.61 Å². The van der Waals surface area contributed by atoms with Gasteiger partial charge in [0, 0.05) is 12.0 Å². The lowest BCUT2D eigenvalue weighted by atomic mass is 10.1. The summed E-state index contributed by atoms with van der Waals surface area (Å²) in [5.74, 6) is 11.2. The van der Waals surface area contributed by atoms with Crippen LogP contribution in [0.2, 0.25) is 0 Å². The van der Waals surface area contributed by atoms with Gasteiger partial charge in [0.2, 0.25) is 0 Å². The van der Waals surface area contributed by atoms with Crippen LogP contribution in [0, 0.1) is 23.7 Å². The molecule has 0 aliphatic heterocycles. The van der Waals surface area contributed by atoms with Crippen molar-refractivity contribution in [2.45, 2.75) is 6.42 Å². The van der Waals surface area contributed by atoms with E-state index < -0.39 is 0 Å². The third kappa shape index (κ3) is 5.41. The van der Waals surface area contributed by atoms with Gasteiger partial charge in [0.25, 0.3) is 0 Å². The Kier molecular flexibility index (Phi) is 5.89. The lowest BCUT2D eigenvalue weighted by Gasteiger charge is -1.95. The Morgan fingerprint density at radius 2 is 1.48 bits per heavy atom. The summed E-state index contributed by atoms with van der Waals surface area (Å²) in [5, 5.41) is 8.59. The zero-order chi connectivity index (χ0) is 14.8. The molecule has 0 amide bonds. The van der Waals surface area contributed by atoms with Crippen molar-refractivity contribution in [2.75, 3.05) is 6.61 Å². The highest BCUT2D eigenvalue weighted by Crippen LogP contribution is 2.09. The van der Waals surface area contributed by atoms with E-state index in [1.807, 2.05) is 42.5 Å². The monoisotopic (exact) mass is 272 g/mol. The standard InChI is InChI=1S/C20H16O/c21-17-7-2-1-4-10-19-12-15-20(16-13-19)14-11-18-8-5-3-6-9-18/h3,5-6,8-9,11-16,21H,7,17H2/b14-11+. The number of hydrogen-bond donors (Lipinski definition) is 1. The highest BCUT2D eigenvalue weighted by Gasteiger charge is 1.89. The molecule has 0 saturated heterocycles. The quantitative estimate of drug-likeness (QED) is 0.668. The second kappa shape index (κ2) is 8.43. The predicted octanol–water partition coefficient (Wildman–Crippen LogP) is 3.59. The van der Waals surface area contributed by atoms with Crippen LogP contribution in [0.5, 0.6) is 0 Å². The van der Waals surface area contributed by atoms with Crippen molar-refractivity contribution >= 4 is 12.2 Å². The molecule has 0 fully saturated rings. The highest BCUT2D eigenvalue weighted by atomic mass is 16.2. The molecule has 0 aromatic heterocycles. The van der Waals surface area contributed by atoms with E-state index >= 15 is 0 Å². The fraction of sp³-hybridized carbons (Fsp3) is 0.100. The van der Waals surface area contributed by atoms with Gasteiger partial charge >= 0.3 is 0 Å². The van der Waals surface area contributed by atoms with Crippen molar-refractivity contribution in [3.8, 4) is 23.7 Å². The van der Waals surface area contributed by atoms with Crippen LogP contribution in [0.1, 0.15) is 23.1 Å². The lowest BCUT2D eigenvalue weighted by molar-refractivity contribution is 0.305. The Morgan fingerprint density at radius 1 is 0.810 bits per heavy atom. The molecular weight excluding hydrogens is 256 g/mol. The van der Waals surface area contributed by atoms with E-state index in [1.54, 1.807) is 0 Å². The van der Waals surface area contributed by atoms with E-state index in [4.69, 9.17) is 5.11 Å². The third-order valence-corrected chi connectivity index (χ3v) is 2.77. The van der Waals surface area contributed by atoms with E-state index in [0.29, 0.717) is 6.42 Å².